The second kappa shape index (κ2) is 21.6. The maximum absolute atomic E-state index is 11.8. The largest absolute Gasteiger partial charge is 0.466 e. The summed E-state index contributed by atoms with van der Waals surface area (Å²) in [7, 11) is 0. The molecule has 0 aromatic rings. The van der Waals surface area contributed by atoms with Crippen LogP contribution in [0.3, 0.4) is 0 Å². The Kier molecular flexibility index (Phi) is 19.8. The van der Waals surface area contributed by atoms with Gasteiger partial charge in [-0.1, -0.05) is 84.3 Å². The van der Waals surface area contributed by atoms with Gasteiger partial charge in [-0.25, -0.2) is 0 Å². The Bertz CT molecular complexity index is 476. The highest BCUT2D eigenvalue weighted by Crippen LogP contribution is 2.28. The summed E-state index contributed by atoms with van der Waals surface area (Å²) in [6, 6.07) is 0. The van der Waals surface area contributed by atoms with Gasteiger partial charge in [0, 0.05) is 32.7 Å². The van der Waals surface area contributed by atoms with Crippen LogP contribution in [-0.4, -0.2) is 38.5 Å². The van der Waals surface area contributed by atoms with Crippen LogP contribution in [0.4, 0.5) is 0 Å². The summed E-state index contributed by atoms with van der Waals surface area (Å²) in [4.78, 5) is 11.8. The molecule has 33 heavy (non-hydrogen) atoms. The van der Waals surface area contributed by atoms with Gasteiger partial charge >= 0.3 is 5.97 Å². The van der Waals surface area contributed by atoms with Gasteiger partial charge in [-0.05, 0) is 50.4 Å². The van der Waals surface area contributed by atoms with Crippen molar-refractivity contribution >= 4 is 5.97 Å². The monoisotopic (exact) mass is 466 g/mol. The highest BCUT2D eigenvalue weighted by atomic mass is 16.5. The Morgan fingerprint density at radius 1 is 0.818 bits per heavy atom. The van der Waals surface area contributed by atoms with E-state index in [-0.39, 0.29) is 5.97 Å². The lowest BCUT2D eigenvalue weighted by molar-refractivity contribution is -0.144. The van der Waals surface area contributed by atoms with Crippen molar-refractivity contribution in [1.82, 2.24) is 0 Å². The Morgan fingerprint density at radius 3 is 2.09 bits per heavy atom. The summed E-state index contributed by atoms with van der Waals surface area (Å²) in [6.07, 6.45) is 23.9. The van der Waals surface area contributed by atoms with Crippen molar-refractivity contribution in [1.29, 1.82) is 0 Å². The van der Waals surface area contributed by atoms with Crippen molar-refractivity contribution in [2.45, 2.75) is 130 Å². The van der Waals surface area contributed by atoms with Gasteiger partial charge < -0.3 is 14.2 Å². The lowest BCUT2D eigenvalue weighted by Crippen LogP contribution is -2.18. The summed E-state index contributed by atoms with van der Waals surface area (Å²) in [5.41, 5.74) is 0. The molecule has 0 unspecified atom stereocenters. The predicted molar refractivity (Wildman–Crippen MR) is 139 cm³/mol. The summed E-state index contributed by atoms with van der Waals surface area (Å²) in [5, 5.41) is 0. The first kappa shape index (κ1) is 30.2. The smallest absolute Gasteiger partial charge is 0.305 e. The van der Waals surface area contributed by atoms with Gasteiger partial charge in [0.25, 0.3) is 0 Å². The Balaban J connectivity index is 1.77. The fraction of sp³-hybridized carbons (Fsp3) is 0.897. The maximum Gasteiger partial charge on any atom is 0.305 e. The molecule has 0 aromatic heterocycles. The number of carbonyl (C=O) groups is 1. The van der Waals surface area contributed by atoms with E-state index in [1.165, 1.54) is 70.6 Å². The number of rotatable bonds is 22. The number of ether oxygens (including phenoxy) is 3. The molecule has 0 aliphatic carbocycles. The highest BCUT2D eigenvalue weighted by molar-refractivity contribution is 5.69. The predicted octanol–water partition coefficient (Wildman–Crippen LogP) is 8.03. The minimum Gasteiger partial charge on any atom is -0.466 e. The molecule has 1 aliphatic rings. The third-order valence-corrected chi connectivity index (χ3v) is 6.94. The van der Waals surface area contributed by atoms with E-state index in [9.17, 15) is 4.79 Å². The van der Waals surface area contributed by atoms with Gasteiger partial charge in [0.1, 0.15) is 0 Å². The van der Waals surface area contributed by atoms with E-state index in [0.29, 0.717) is 37.6 Å². The van der Waals surface area contributed by atoms with Crippen LogP contribution in [0.5, 0.6) is 0 Å². The molecule has 0 saturated carbocycles. The molecule has 1 fully saturated rings. The summed E-state index contributed by atoms with van der Waals surface area (Å²) < 4.78 is 16.8. The van der Waals surface area contributed by atoms with Crippen LogP contribution in [0.25, 0.3) is 0 Å². The van der Waals surface area contributed by atoms with Gasteiger partial charge in [-0.15, -0.1) is 0 Å². The van der Waals surface area contributed by atoms with E-state index in [4.69, 9.17) is 14.2 Å². The molecule has 0 spiro atoms. The average Bonchev–Trinajstić information content (AvgIpc) is 3.13. The molecule has 1 saturated heterocycles. The van der Waals surface area contributed by atoms with E-state index in [0.717, 1.165) is 38.9 Å². The van der Waals surface area contributed by atoms with Crippen LogP contribution in [0.15, 0.2) is 12.2 Å². The molecule has 4 heteroatoms. The topological polar surface area (TPSA) is 44.8 Å². The summed E-state index contributed by atoms with van der Waals surface area (Å²) >= 11 is 0. The van der Waals surface area contributed by atoms with Gasteiger partial charge in [0.2, 0.25) is 0 Å². The van der Waals surface area contributed by atoms with E-state index < -0.39 is 0 Å². The van der Waals surface area contributed by atoms with Crippen molar-refractivity contribution in [2.24, 2.45) is 11.8 Å². The van der Waals surface area contributed by atoms with Crippen LogP contribution >= 0.6 is 0 Å². The zero-order valence-electron chi connectivity index (χ0n) is 22.2. The van der Waals surface area contributed by atoms with Crippen molar-refractivity contribution in [3.05, 3.63) is 12.2 Å². The number of unbranched alkanes of at least 4 members (excludes halogenated alkanes) is 11. The molecule has 0 N–H and O–H groups in total. The Morgan fingerprint density at radius 2 is 1.45 bits per heavy atom. The minimum absolute atomic E-state index is 0.0604. The number of carbonyl (C=O) groups excluding carboxylic acids is 1. The van der Waals surface area contributed by atoms with Gasteiger partial charge in [-0.2, -0.15) is 0 Å². The van der Waals surface area contributed by atoms with Crippen molar-refractivity contribution in [3.8, 4) is 0 Å². The quantitative estimate of drug-likeness (QED) is 0.0920. The van der Waals surface area contributed by atoms with Crippen LogP contribution < -0.4 is 0 Å². The molecular formula is C29H54O4. The van der Waals surface area contributed by atoms with Crippen LogP contribution in [0.2, 0.25) is 0 Å². The molecular weight excluding hydrogens is 412 g/mol. The molecule has 0 bridgehead atoms. The standard InChI is InChI=1S/C29H54O4/c1-4-5-6-7-8-9-10-11-12-13-14-15-16-17-18-20-29(30)32-23-19-22-31-24-21-28-27(3)26(2)25-33-28/h11-12,26-28H,4-10,13-25H2,1-3H3/b12-11+/t26-,27+,28-/m1/s1. The highest BCUT2D eigenvalue weighted by Gasteiger charge is 2.30. The van der Waals surface area contributed by atoms with Crippen LogP contribution in [-0.2, 0) is 19.0 Å². The summed E-state index contributed by atoms with van der Waals surface area (Å²) in [5.74, 6) is 1.21. The molecule has 194 valence electrons. The maximum atomic E-state index is 11.8. The van der Waals surface area contributed by atoms with Crippen LogP contribution in [0, 0.1) is 11.8 Å². The zero-order valence-corrected chi connectivity index (χ0v) is 22.2. The van der Waals surface area contributed by atoms with Crippen LogP contribution in [0.1, 0.15) is 124 Å². The number of hydrogen-bond donors (Lipinski definition) is 0. The Labute approximate surface area is 205 Å². The third kappa shape index (κ3) is 17.3. The van der Waals surface area contributed by atoms with Crippen molar-refractivity contribution in [3.63, 3.8) is 0 Å². The molecule has 1 rings (SSSR count). The fourth-order valence-corrected chi connectivity index (χ4v) is 4.35. The number of hydrogen-bond acceptors (Lipinski definition) is 4. The third-order valence-electron chi connectivity index (χ3n) is 6.94. The lowest BCUT2D eigenvalue weighted by Gasteiger charge is -2.16. The number of allylic oxidation sites excluding steroid dienone is 2. The molecule has 1 aliphatic heterocycles. The molecule has 4 nitrogen and oxygen atoms in total. The molecule has 0 aromatic carbocycles. The van der Waals surface area contributed by atoms with E-state index in [1.807, 2.05) is 0 Å². The van der Waals surface area contributed by atoms with Crippen molar-refractivity contribution in [2.75, 3.05) is 26.4 Å². The van der Waals surface area contributed by atoms with E-state index >= 15 is 0 Å². The minimum atomic E-state index is -0.0604. The van der Waals surface area contributed by atoms with Gasteiger partial charge in [0.05, 0.1) is 12.7 Å². The normalized spacial score (nSPS) is 20.6. The summed E-state index contributed by atoms with van der Waals surface area (Å²) in [6.45, 7) is 9.50. The molecule has 0 radical (unpaired) electrons. The first-order valence-electron chi connectivity index (χ1n) is 14.1. The Hall–Kier alpha value is -0.870. The van der Waals surface area contributed by atoms with E-state index in [2.05, 4.69) is 32.9 Å². The SMILES string of the molecule is CCCCCCCC/C=C/CCCCCCCC(=O)OCCCOCC[C@H]1OC[C@@H](C)[C@@H]1C. The fourth-order valence-electron chi connectivity index (χ4n) is 4.35. The van der Waals surface area contributed by atoms with Gasteiger partial charge in [-0.3, -0.25) is 4.79 Å². The second-order valence-electron chi connectivity index (χ2n) is 10.0. The first-order chi connectivity index (χ1) is 16.1. The van der Waals surface area contributed by atoms with E-state index in [1.54, 1.807) is 0 Å². The average molecular weight is 467 g/mol. The van der Waals surface area contributed by atoms with Gasteiger partial charge in [0.15, 0.2) is 0 Å². The molecule has 1 heterocycles. The first-order valence-corrected chi connectivity index (χ1v) is 14.1. The molecule has 0 amide bonds. The second-order valence-corrected chi connectivity index (χ2v) is 10.0. The molecule has 3 atom stereocenters. The zero-order chi connectivity index (χ0) is 24.0. The number of esters is 1. The van der Waals surface area contributed by atoms with Crippen molar-refractivity contribution < 1.29 is 19.0 Å². The lowest BCUT2D eigenvalue weighted by atomic mass is 9.93.